The van der Waals surface area contributed by atoms with Crippen LogP contribution in [0.25, 0.3) is 11.4 Å². The maximum Gasteiger partial charge on any atom is 0.0645 e. The quantitative estimate of drug-likeness (QED) is 0.484. The van der Waals surface area contributed by atoms with Crippen molar-refractivity contribution < 1.29 is 0 Å². The van der Waals surface area contributed by atoms with Crippen LogP contribution in [0.15, 0.2) is 85.5 Å². The standard InChI is InChI=1S/C25H28N6/c1-21-18-28(19-22-4-8-24(9-5-22)30-14-2-12-26-30)16-17-29(21)20-23-6-10-25(11-7-23)31-15-3-13-27-31/h2-15,21H,16-20H2,1H3. The van der Waals surface area contributed by atoms with Crippen molar-refractivity contribution in [2.24, 2.45) is 0 Å². The number of piperazine rings is 1. The molecule has 3 heterocycles. The predicted octanol–water partition coefficient (Wildman–Crippen LogP) is 3.76. The highest BCUT2D eigenvalue weighted by molar-refractivity contribution is 5.34. The molecule has 6 heteroatoms. The van der Waals surface area contributed by atoms with Crippen LogP contribution in [-0.2, 0) is 13.1 Å². The molecule has 158 valence electrons. The van der Waals surface area contributed by atoms with Crippen LogP contribution in [0.1, 0.15) is 18.1 Å². The Kier molecular flexibility index (Phi) is 5.65. The van der Waals surface area contributed by atoms with Crippen LogP contribution in [0, 0.1) is 0 Å². The Morgan fingerprint density at radius 3 is 1.77 bits per heavy atom. The third-order valence-electron chi connectivity index (χ3n) is 6.05. The monoisotopic (exact) mass is 412 g/mol. The fourth-order valence-electron chi connectivity index (χ4n) is 4.29. The van der Waals surface area contributed by atoms with Gasteiger partial charge in [0.25, 0.3) is 0 Å². The van der Waals surface area contributed by atoms with Crippen LogP contribution >= 0.6 is 0 Å². The van der Waals surface area contributed by atoms with Gasteiger partial charge in [0.15, 0.2) is 0 Å². The van der Waals surface area contributed by atoms with Gasteiger partial charge in [0.1, 0.15) is 0 Å². The second-order valence-electron chi connectivity index (χ2n) is 8.29. The van der Waals surface area contributed by atoms with Crippen molar-refractivity contribution in [1.82, 2.24) is 29.4 Å². The Bertz CT molecular complexity index is 1070. The molecule has 31 heavy (non-hydrogen) atoms. The number of benzene rings is 2. The molecule has 2 aromatic heterocycles. The van der Waals surface area contributed by atoms with Gasteiger partial charge in [-0.1, -0.05) is 24.3 Å². The smallest absolute Gasteiger partial charge is 0.0645 e. The number of nitrogens with zero attached hydrogens (tertiary/aromatic N) is 6. The number of hydrogen-bond donors (Lipinski definition) is 0. The minimum absolute atomic E-state index is 0.530. The summed E-state index contributed by atoms with van der Waals surface area (Å²) < 4.78 is 3.79. The van der Waals surface area contributed by atoms with Crippen molar-refractivity contribution in [1.29, 1.82) is 0 Å². The third-order valence-corrected chi connectivity index (χ3v) is 6.05. The van der Waals surface area contributed by atoms with E-state index in [-0.39, 0.29) is 0 Å². The topological polar surface area (TPSA) is 42.1 Å². The van der Waals surface area contributed by atoms with Crippen molar-refractivity contribution in [3.8, 4) is 11.4 Å². The normalized spacial score (nSPS) is 17.8. The van der Waals surface area contributed by atoms with Gasteiger partial charge in [0.05, 0.1) is 11.4 Å². The first-order valence-electron chi connectivity index (χ1n) is 10.9. The van der Waals surface area contributed by atoms with Crippen molar-refractivity contribution in [2.75, 3.05) is 19.6 Å². The van der Waals surface area contributed by atoms with Gasteiger partial charge in [0.2, 0.25) is 0 Å². The van der Waals surface area contributed by atoms with Gasteiger partial charge in [0, 0.05) is 63.6 Å². The van der Waals surface area contributed by atoms with Crippen LogP contribution in [0.4, 0.5) is 0 Å². The lowest BCUT2D eigenvalue weighted by Gasteiger charge is -2.40. The molecule has 2 aromatic carbocycles. The summed E-state index contributed by atoms with van der Waals surface area (Å²) in [5, 5.41) is 8.60. The minimum atomic E-state index is 0.530. The van der Waals surface area contributed by atoms with Crippen molar-refractivity contribution in [3.05, 3.63) is 96.6 Å². The highest BCUT2D eigenvalue weighted by atomic mass is 15.3. The minimum Gasteiger partial charge on any atom is -0.296 e. The van der Waals surface area contributed by atoms with Gasteiger partial charge in [-0.25, -0.2) is 9.36 Å². The third kappa shape index (κ3) is 4.60. The molecular formula is C25H28N6. The van der Waals surface area contributed by atoms with Gasteiger partial charge in [-0.2, -0.15) is 10.2 Å². The summed E-state index contributed by atoms with van der Waals surface area (Å²) in [6.45, 7) is 7.60. The lowest BCUT2D eigenvalue weighted by Crippen LogP contribution is -2.50. The highest BCUT2D eigenvalue weighted by Gasteiger charge is 2.23. The first kappa shape index (κ1) is 19.7. The first-order valence-corrected chi connectivity index (χ1v) is 10.9. The van der Waals surface area contributed by atoms with Crippen LogP contribution in [-0.4, -0.2) is 55.0 Å². The van der Waals surface area contributed by atoms with Gasteiger partial charge < -0.3 is 0 Å². The van der Waals surface area contributed by atoms with E-state index in [1.165, 1.54) is 11.1 Å². The molecule has 1 atom stereocenters. The second-order valence-corrected chi connectivity index (χ2v) is 8.29. The Morgan fingerprint density at radius 1 is 0.742 bits per heavy atom. The summed E-state index contributed by atoms with van der Waals surface area (Å²) in [5.74, 6) is 0. The summed E-state index contributed by atoms with van der Waals surface area (Å²) in [4.78, 5) is 5.14. The highest BCUT2D eigenvalue weighted by Crippen LogP contribution is 2.18. The molecule has 6 nitrogen and oxygen atoms in total. The predicted molar refractivity (Wildman–Crippen MR) is 122 cm³/mol. The zero-order chi connectivity index (χ0) is 21.0. The van der Waals surface area contributed by atoms with Gasteiger partial charge in [-0.05, 0) is 54.4 Å². The zero-order valence-corrected chi connectivity index (χ0v) is 17.9. The van der Waals surface area contributed by atoms with E-state index in [9.17, 15) is 0 Å². The number of aromatic nitrogens is 4. The van der Waals surface area contributed by atoms with Crippen LogP contribution < -0.4 is 0 Å². The van der Waals surface area contributed by atoms with Crippen molar-refractivity contribution in [3.63, 3.8) is 0 Å². The van der Waals surface area contributed by atoms with Crippen LogP contribution in [0.2, 0.25) is 0 Å². The molecule has 1 saturated heterocycles. The molecule has 0 spiro atoms. The summed E-state index contributed by atoms with van der Waals surface area (Å²) in [6, 6.07) is 21.9. The lowest BCUT2D eigenvalue weighted by molar-refractivity contribution is 0.0733. The molecule has 0 amide bonds. The zero-order valence-electron chi connectivity index (χ0n) is 17.9. The molecule has 1 fully saturated rings. The Labute approximate surface area is 183 Å². The molecule has 1 unspecified atom stereocenters. The molecule has 1 aliphatic rings. The van der Waals surface area contributed by atoms with E-state index in [1.807, 2.05) is 46.3 Å². The van der Waals surface area contributed by atoms with E-state index in [0.29, 0.717) is 6.04 Å². The van der Waals surface area contributed by atoms with E-state index in [4.69, 9.17) is 0 Å². The molecule has 1 aliphatic heterocycles. The SMILES string of the molecule is CC1CN(Cc2ccc(-n3cccn3)cc2)CCN1Cc1ccc(-n2cccn2)cc1. The van der Waals surface area contributed by atoms with Gasteiger partial charge in [-0.15, -0.1) is 0 Å². The number of rotatable bonds is 6. The number of hydrogen-bond acceptors (Lipinski definition) is 4. The molecular weight excluding hydrogens is 384 g/mol. The lowest BCUT2D eigenvalue weighted by atomic mass is 10.1. The maximum atomic E-state index is 4.30. The van der Waals surface area contributed by atoms with Crippen LogP contribution in [0.5, 0.6) is 0 Å². The fourth-order valence-corrected chi connectivity index (χ4v) is 4.29. The summed E-state index contributed by atoms with van der Waals surface area (Å²) in [5.41, 5.74) is 4.91. The molecule has 5 rings (SSSR count). The molecule has 0 N–H and O–H groups in total. The van der Waals surface area contributed by atoms with Gasteiger partial charge in [-0.3, -0.25) is 9.80 Å². The second kappa shape index (κ2) is 8.88. The Hall–Kier alpha value is -3.22. The molecule has 4 aromatic rings. The van der Waals surface area contributed by atoms with Crippen molar-refractivity contribution in [2.45, 2.75) is 26.1 Å². The molecule has 0 saturated carbocycles. The molecule has 0 radical (unpaired) electrons. The summed E-state index contributed by atoms with van der Waals surface area (Å²) >= 11 is 0. The summed E-state index contributed by atoms with van der Waals surface area (Å²) in [7, 11) is 0. The molecule has 0 aliphatic carbocycles. The molecule has 0 bridgehead atoms. The van der Waals surface area contributed by atoms with E-state index in [0.717, 1.165) is 44.1 Å². The van der Waals surface area contributed by atoms with Crippen LogP contribution in [0.3, 0.4) is 0 Å². The first-order chi connectivity index (χ1) is 15.2. The Morgan fingerprint density at radius 2 is 1.29 bits per heavy atom. The fraction of sp³-hybridized carbons (Fsp3) is 0.280. The van der Waals surface area contributed by atoms with E-state index >= 15 is 0 Å². The van der Waals surface area contributed by atoms with E-state index in [1.54, 1.807) is 0 Å². The van der Waals surface area contributed by atoms with Gasteiger partial charge >= 0.3 is 0 Å². The van der Waals surface area contributed by atoms with E-state index in [2.05, 4.69) is 75.5 Å². The van der Waals surface area contributed by atoms with Crippen molar-refractivity contribution >= 4 is 0 Å². The summed E-state index contributed by atoms with van der Waals surface area (Å²) in [6.07, 6.45) is 7.56. The Balaban J connectivity index is 1.15. The average Bonchev–Trinajstić information content (AvgIpc) is 3.51. The van der Waals surface area contributed by atoms with E-state index < -0.39 is 0 Å². The maximum absolute atomic E-state index is 4.30. The average molecular weight is 413 g/mol. The largest absolute Gasteiger partial charge is 0.296 e.